The summed E-state index contributed by atoms with van der Waals surface area (Å²) in [6.07, 6.45) is 1.53. The highest BCUT2D eigenvalue weighted by Crippen LogP contribution is 2.07. The Balaban J connectivity index is 1.64. The Labute approximate surface area is 137 Å². The molecule has 0 saturated carbocycles. The zero-order chi connectivity index (χ0) is 16.5. The Bertz CT molecular complexity index is 490. The van der Waals surface area contributed by atoms with Gasteiger partial charge in [-0.1, -0.05) is 18.2 Å². The zero-order valence-corrected chi connectivity index (χ0v) is 13.8. The third kappa shape index (κ3) is 5.80. The molecule has 0 aliphatic carbocycles. The molecular weight excluding hydrogens is 297 g/mol. The fraction of sp³-hybridized carbons (Fsp3) is 0.588. The van der Waals surface area contributed by atoms with Crippen molar-refractivity contribution in [1.82, 2.24) is 15.1 Å². The van der Waals surface area contributed by atoms with Crippen molar-refractivity contribution >= 4 is 6.03 Å². The van der Waals surface area contributed by atoms with Gasteiger partial charge < -0.3 is 15.0 Å². The predicted octanol–water partition coefficient (Wildman–Crippen LogP) is 1.73. The maximum absolute atomic E-state index is 13.5. The van der Waals surface area contributed by atoms with Gasteiger partial charge >= 0.3 is 6.03 Å². The minimum atomic E-state index is -0.216. The van der Waals surface area contributed by atoms with Gasteiger partial charge in [-0.15, -0.1) is 0 Å². The monoisotopic (exact) mass is 323 g/mol. The molecule has 2 amide bonds. The van der Waals surface area contributed by atoms with E-state index < -0.39 is 0 Å². The molecule has 1 heterocycles. The number of piperazine rings is 1. The third-order valence-corrected chi connectivity index (χ3v) is 4.11. The molecule has 1 aromatic carbocycles. The number of hydrogen-bond acceptors (Lipinski definition) is 3. The Morgan fingerprint density at radius 3 is 2.70 bits per heavy atom. The van der Waals surface area contributed by atoms with Crippen LogP contribution < -0.4 is 5.32 Å². The smallest absolute Gasteiger partial charge is 0.317 e. The van der Waals surface area contributed by atoms with Crippen molar-refractivity contribution in [2.45, 2.75) is 12.8 Å². The minimum absolute atomic E-state index is 0.0575. The van der Waals surface area contributed by atoms with E-state index in [1.54, 1.807) is 19.2 Å². The number of nitrogens with one attached hydrogen (secondary N) is 1. The van der Waals surface area contributed by atoms with E-state index in [0.29, 0.717) is 18.5 Å². The molecular formula is C17H26FN3O2. The maximum atomic E-state index is 13.5. The molecule has 0 bridgehead atoms. The van der Waals surface area contributed by atoms with Crippen LogP contribution in [-0.4, -0.2) is 68.8 Å². The third-order valence-electron chi connectivity index (χ3n) is 4.11. The highest BCUT2D eigenvalue weighted by atomic mass is 19.1. The number of ether oxygens (including phenoxy) is 1. The molecule has 0 atom stereocenters. The molecule has 6 heteroatoms. The van der Waals surface area contributed by atoms with Gasteiger partial charge in [0.25, 0.3) is 0 Å². The molecule has 2 rings (SSSR count). The van der Waals surface area contributed by atoms with Crippen LogP contribution in [0.2, 0.25) is 0 Å². The van der Waals surface area contributed by atoms with Gasteiger partial charge in [-0.05, 0) is 24.5 Å². The molecule has 1 aliphatic heterocycles. The summed E-state index contributed by atoms with van der Waals surface area (Å²) in [5, 5.41) is 2.88. The molecule has 0 spiro atoms. The highest BCUT2D eigenvalue weighted by Gasteiger charge is 2.20. The number of methoxy groups -OCH3 is 1. The minimum Gasteiger partial charge on any atom is -0.385 e. The second-order valence-corrected chi connectivity index (χ2v) is 5.75. The van der Waals surface area contributed by atoms with E-state index >= 15 is 0 Å². The Morgan fingerprint density at radius 1 is 1.26 bits per heavy atom. The predicted molar refractivity (Wildman–Crippen MR) is 88.0 cm³/mol. The van der Waals surface area contributed by atoms with Gasteiger partial charge in [-0.25, -0.2) is 9.18 Å². The lowest BCUT2D eigenvalue weighted by Crippen LogP contribution is -2.52. The van der Waals surface area contributed by atoms with Crippen molar-refractivity contribution in [2.75, 3.05) is 53.0 Å². The fourth-order valence-electron chi connectivity index (χ4n) is 2.72. The van der Waals surface area contributed by atoms with Gasteiger partial charge in [0.15, 0.2) is 0 Å². The largest absolute Gasteiger partial charge is 0.385 e. The van der Waals surface area contributed by atoms with Gasteiger partial charge in [0.05, 0.1) is 0 Å². The summed E-state index contributed by atoms with van der Waals surface area (Å²) < 4.78 is 18.6. The van der Waals surface area contributed by atoms with Gasteiger partial charge in [0, 0.05) is 53.0 Å². The van der Waals surface area contributed by atoms with Gasteiger partial charge in [0.2, 0.25) is 0 Å². The summed E-state index contributed by atoms with van der Waals surface area (Å²) >= 11 is 0. The van der Waals surface area contributed by atoms with E-state index in [4.69, 9.17) is 4.74 Å². The molecule has 1 fully saturated rings. The van der Waals surface area contributed by atoms with Crippen molar-refractivity contribution in [2.24, 2.45) is 0 Å². The summed E-state index contributed by atoms with van der Waals surface area (Å²) in [4.78, 5) is 16.3. The second-order valence-electron chi connectivity index (χ2n) is 5.75. The molecule has 23 heavy (non-hydrogen) atoms. The summed E-state index contributed by atoms with van der Waals surface area (Å²) in [6.45, 7) is 5.49. The Morgan fingerprint density at radius 2 is 2.00 bits per heavy atom. The van der Waals surface area contributed by atoms with Crippen molar-refractivity contribution in [1.29, 1.82) is 0 Å². The molecule has 1 aliphatic rings. The number of carbonyl (C=O) groups excluding carboxylic acids is 1. The standard InChI is InChI=1S/C17H26FN3O2/c1-23-14-4-9-20-10-12-21(13-11-20)17(22)19-8-7-15-5-2-3-6-16(15)18/h2-3,5-6H,4,7-14H2,1H3,(H,19,22). The molecule has 1 N–H and O–H groups in total. The second kappa shape index (κ2) is 9.47. The van der Waals surface area contributed by atoms with Crippen LogP contribution in [0.25, 0.3) is 0 Å². The molecule has 1 saturated heterocycles. The lowest BCUT2D eigenvalue weighted by molar-refractivity contribution is 0.125. The number of nitrogens with zero attached hydrogens (tertiary/aromatic N) is 2. The van der Waals surface area contributed by atoms with Crippen LogP contribution in [-0.2, 0) is 11.2 Å². The normalized spacial score (nSPS) is 15.7. The van der Waals surface area contributed by atoms with Crippen LogP contribution in [0.4, 0.5) is 9.18 Å². The first-order valence-corrected chi connectivity index (χ1v) is 8.18. The first-order chi connectivity index (χ1) is 11.2. The topological polar surface area (TPSA) is 44.8 Å². The first-order valence-electron chi connectivity index (χ1n) is 8.18. The quantitative estimate of drug-likeness (QED) is 0.777. The number of carbonyl (C=O) groups is 1. The molecule has 0 unspecified atom stereocenters. The summed E-state index contributed by atoms with van der Waals surface area (Å²) in [7, 11) is 1.71. The van der Waals surface area contributed by atoms with E-state index in [2.05, 4.69) is 10.2 Å². The lowest BCUT2D eigenvalue weighted by Gasteiger charge is -2.34. The van der Waals surface area contributed by atoms with Crippen molar-refractivity contribution in [3.05, 3.63) is 35.6 Å². The van der Waals surface area contributed by atoms with Gasteiger partial charge in [-0.2, -0.15) is 0 Å². The average Bonchev–Trinajstić information content (AvgIpc) is 2.57. The van der Waals surface area contributed by atoms with Crippen LogP contribution in [0.5, 0.6) is 0 Å². The van der Waals surface area contributed by atoms with Crippen molar-refractivity contribution < 1.29 is 13.9 Å². The number of rotatable bonds is 7. The van der Waals surface area contributed by atoms with Crippen LogP contribution >= 0.6 is 0 Å². The number of amides is 2. The van der Waals surface area contributed by atoms with E-state index in [0.717, 1.165) is 45.8 Å². The molecule has 0 aromatic heterocycles. The summed E-state index contributed by atoms with van der Waals surface area (Å²) in [5.41, 5.74) is 0.635. The molecule has 0 radical (unpaired) electrons. The number of hydrogen-bond donors (Lipinski definition) is 1. The zero-order valence-electron chi connectivity index (χ0n) is 13.8. The number of halogens is 1. The number of benzene rings is 1. The summed E-state index contributed by atoms with van der Waals surface area (Å²) in [5.74, 6) is -0.216. The van der Waals surface area contributed by atoms with E-state index in [1.807, 2.05) is 11.0 Å². The highest BCUT2D eigenvalue weighted by molar-refractivity contribution is 5.74. The SMILES string of the molecule is COCCCN1CCN(C(=O)NCCc2ccccc2F)CC1. The van der Waals surface area contributed by atoms with Gasteiger partial charge in [0.1, 0.15) is 5.82 Å². The lowest BCUT2D eigenvalue weighted by atomic mass is 10.1. The average molecular weight is 323 g/mol. The van der Waals surface area contributed by atoms with Gasteiger partial charge in [-0.3, -0.25) is 4.90 Å². The fourth-order valence-corrected chi connectivity index (χ4v) is 2.72. The van der Waals surface area contributed by atoms with Crippen LogP contribution in [0.15, 0.2) is 24.3 Å². The van der Waals surface area contributed by atoms with E-state index in [1.165, 1.54) is 6.07 Å². The van der Waals surface area contributed by atoms with E-state index in [-0.39, 0.29) is 11.8 Å². The molecule has 1 aromatic rings. The summed E-state index contributed by atoms with van der Waals surface area (Å²) in [6, 6.07) is 6.62. The Hall–Kier alpha value is -1.66. The van der Waals surface area contributed by atoms with Crippen molar-refractivity contribution in [3.8, 4) is 0 Å². The Kier molecular flexibility index (Phi) is 7.29. The van der Waals surface area contributed by atoms with Crippen LogP contribution in [0.1, 0.15) is 12.0 Å². The maximum Gasteiger partial charge on any atom is 0.317 e. The van der Waals surface area contributed by atoms with Crippen LogP contribution in [0.3, 0.4) is 0 Å². The van der Waals surface area contributed by atoms with Crippen LogP contribution in [0, 0.1) is 5.82 Å². The van der Waals surface area contributed by atoms with Crippen molar-refractivity contribution in [3.63, 3.8) is 0 Å². The molecule has 5 nitrogen and oxygen atoms in total. The number of urea groups is 1. The molecule has 128 valence electrons. The van der Waals surface area contributed by atoms with E-state index in [9.17, 15) is 9.18 Å². The first kappa shape index (κ1) is 17.7.